The van der Waals surface area contributed by atoms with E-state index in [0.717, 1.165) is 4.90 Å². The molecule has 3 aromatic rings. The molecule has 162 valence electrons. The highest BCUT2D eigenvalue weighted by Crippen LogP contribution is 2.22. The minimum Gasteiger partial charge on any atom is -0.325 e. The average Bonchev–Trinajstić information content (AvgIpc) is 2.79. The molecule has 11 heteroatoms. The standard InChI is InChI=1S/C21H16N4O6S/c26-20(22-15-3-9-18(10-4-15)25(30)31)13-32-19-11-5-16(6-12-19)23-21(27)14-1-7-17(8-2-14)24(28)29/h1-12H,13H2,(H,22,26)(H,23,27). The van der Waals surface area contributed by atoms with E-state index in [1.165, 1.54) is 60.3 Å². The lowest BCUT2D eigenvalue weighted by molar-refractivity contribution is -0.385. The number of hydrogen-bond acceptors (Lipinski definition) is 7. The van der Waals surface area contributed by atoms with Crippen molar-refractivity contribution in [3.8, 4) is 0 Å². The van der Waals surface area contributed by atoms with Crippen molar-refractivity contribution in [2.45, 2.75) is 4.90 Å². The molecule has 0 heterocycles. The van der Waals surface area contributed by atoms with Crippen LogP contribution in [0.1, 0.15) is 10.4 Å². The van der Waals surface area contributed by atoms with Crippen LogP contribution in [-0.4, -0.2) is 27.4 Å². The van der Waals surface area contributed by atoms with Crippen LogP contribution in [0.25, 0.3) is 0 Å². The Hall–Kier alpha value is -4.25. The van der Waals surface area contributed by atoms with E-state index in [2.05, 4.69) is 10.6 Å². The van der Waals surface area contributed by atoms with Gasteiger partial charge < -0.3 is 10.6 Å². The first-order valence-electron chi connectivity index (χ1n) is 9.15. The minimum atomic E-state index is -0.537. The summed E-state index contributed by atoms with van der Waals surface area (Å²) in [6.07, 6.45) is 0. The van der Waals surface area contributed by atoms with Crippen molar-refractivity contribution in [3.05, 3.63) is 98.6 Å². The van der Waals surface area contributed by atoms with Crippen molar-refractivity contribution in [1.29, 1.82) is 0 Å². The van der Waals surface area contributed by atoms with Gasteiger partial charge in [0.25, 0.3) is 17.3 Å². The molecule has 2 N–H and O–H groups in total. The number of hydrogen-bond donors (Lipinski definition) is 2. The normalized spacial score (nSPS) is 10.2. The van der Waals surface area contributed by atoms with Gasteiger partial charge >= 0.3 is 0 Å². The summed E-state index contributed by atoms with van der Waals surface area (Å²) in [7, 11) is 0. The molecule has 3 aromatic carbocycles. The van der Waals surface area contributed by atoms with E-state index in [0.29, 0.717) is 11.4 Å². The fourth-order valence-electron chi connectivity index (χ4n) is 2.58. The lowest BCUT2D eigenvalue weighted by Crippen LogP contribution is -2.14. The van der Waals surface area contributed by atoms with Gasteiger partial charge in [-0.15, -0.1) is 11.8 Å². The molecule has 32 heavy (non-hydrogen) atoms. The van der Waals surface area contributed by atoms with Gasteiger partial charge in [-0.05, 0) is 48.5 Å². The van der Waals surface area contributed by atoms with Gasteiger partial charge in [0.15, 0.2) is 0 Å². The third-order valence-corrected chi connectivity index (χ3v) is 5.20. The van der Waals surface area contributed by atoms with Gasteiger partial charge in [-0.25, -0.2) is 0 Å². The van der Waals surface area contributed by atoms with Gasteiger partial charge in [0.2, 0.25) is 5.91 Å². The van der Waals surface area contributed by atoms with E-state index in [1.807, 2.05) is 0 Å². The van der Waals surface area contributed by atoms with Crippen LogP contribution < -0.4 is 10.6 Å². The van der Waals surface area contributed by atoms with Gasteiger partial charge in [0.05, 0.1) is 15.6 Å². The summed E-state index contributed by atoms with van der Waals surface area (Å²) in [5, 5.41) is 26.7. The van der Waals surface area contributed by atoms with Gasteiger partial charge in [-0.3, -0.25) is 29.8 Å². The zero-order chi connectivity index (χ0) is 23.1. The Morgan fingerprint density at radius 1 is 0.719 bits per heavy atom. The number of rotatable bonds is 8. The number of nitrogens with one attached hydrogen (secondary N) is 2. The van der Waals surface area contributed by atoms with E-state index in [4.69, 9.17) is 0 Å². The van der Waals surface area contributed by atoms with Crippen molar-refractivity contribution in [3.63, 3.8) is 0 Å². The van der Waals surface area contributed by atoms with Crippen LogP contribution in [0.5, 0.6) is 0 Å². The van der Waals surface area contributed by atoms with E-state index in [1.54, 1.807) is 24.3 Å². The predicted molar refractivity (Wildman–Crippen MR) is 120 cm³/mol. The summed E-state index contributed by atoms with van der Waals surface area (Å²) in [5.74, 6) is -0.534. The molecule has 10 nitrogen and oxygen atoms in total. The third kappa shape index (κ3) is 6.12. The van der Waals surface area contributed by atoms with Gasteiger partial charge in [0.1, 0.15) is 0 Å². The highest BCUT2D eigenvalue weighted by molar-refractivity contribution is 8.00. The molecule has 0 aliphatic heterocycles. The van der Waals surface area contributed by atoms with Crippen LogP contribution >= 0.6 is 11.8 Å². The molecular formula is C21H16N4O6S. The zero-order valence-corrected chi connectivity index (χ0v) is 17.2. The Bertz CT molecular complexity index is 1150. The Morgan fingerprint density at radius 3 is 1.72 bits per heavy atom. The molecule has 2 amide bonds. The first kappa shape index (κ1) is 22.4. The van der Waals surface area contributed by atoms with Gasteiger partial charge in [-0.1, -0.05) is 0 Å². The van der Waals surface area contributed by atoms with Crippen molar-refractivity contribution < 1.29 is 19.4 Å². The van der Waals surface area contributed by atoms with E-state index in [9.17, 15) is 29.8 Å². The molecule has 0 saturated carbocycles. The van der Waals surface area contributed by atoms with E-state index >= 15 is 0 Å². The summed E-state index contributed by atoms with van der Waals surface area (Å²) in [6.45, 7) is 0. The summed E-state index contributed by atoms with van der Waals surface area (Å²) < 4.78 is 0. The second-order valence-electron chi connectivity index (χ2n) is 6.42. The number of carbonyl (C=O) groups is 2. The van der Waals surface area contributed by atoms with Gasteiger partial charge in [0, 0.05) is 46.1 Å². The second-order valence-corrected chi connectivity index (χ2v) is 7.47. The molecule has 0 atom stereocenters. The molecule has 0 aliphatic rings. The lowest BCUT2D eigenvalue weighted by atomic mass is 10.2. The quantitative estimate of drug-likeness (QED) is 0.291. The van der Waals surface area contributed by atoms with Crippen LogP contribution in [-0.2, 0) is 4.79 Å². The van der Waals surface area contributed by atoms with Gasteiger partial charge in [-0.2, -0.15) is 0 Å². The number of anilines is 2. The molecule has 3 rings (SSSR count). The number of nitro benzene ring substituents is 2. The van der Waals surface area contributed by atoms with Crippen LogP contribution in [0.15, 0.2) is 77.7 Å². The first-order chi connectivity index (χ1) is 15.3. The number of nitro groups is 2. The van der Waals surface area contributed by atoms with Crippen molar-refractivity contribution in [2.24, 2.45) is 0 Å². The fraction of sp³-hybridized carbons (Fsp3) is 0.0476. The summed E-state index contributed by atoms with van der Waals surface area (Å²) in [4.78, 5) is 45.4. The number of thioether (sulfide) groups is 1. The minimum absolute atomic E-state index is 0.0573. The molecule has 0 unspecified atom stereocenters. The topological polar surface area (TPSA) is 144 Å². The van der Waals surface area contributed by atoms with Crippen LogP contribution in [0, 0.1) is 20.2 Å². The maximum Gasteiger partial charge on any atom is 0.269 e. The van der Waals surface area contributed by atoms with Crippen molar-refractivity contribution >= 4 is 46.3 Å². The number of nitrogens with zero attached hydrogens (tertiary/aromatic N) is 2. The smallest absolute Gasteiger partial charge is 0.269 e. The molecule has 0 spiro atoms. The summed E-state index contributed by atoms with van der Waals surface area (Å²) in [6, 6.07) is 17.7. The Morgan fingerprint density at radius 2 is 1.19 bits per heavy atom. The Labute approximate surface area is 185 Å². The zero-order valence-electron chi connectivity index (χ0n) is 16.4. The lowest BCUT2D eigenvalue weighted by Gasteiger charge is -2.07. The highest BCUT2D eigenvalue weighted by atomic mass is 32.2. The SMILES string of the molecule is O=C(CSc1ccc(NC(=O)c2ccc([N+](=O)[O-])cc2)cc1)Nc1ccc([N+](=O)[O-])cc1. The maximum absolute atomic E-state index is 12.3. The molecule has 0 aromatic heterocycles. The molecule has 0 saturated heterocycles. The second kappa shape index (κ2) is 10.2. The van der Waals surface area contributed by atoms with Crippen molar-refractivity contribution in [2.75, 3.05) is 16.4 Å². The van der Waals surface area contributed by atoms with Crippen LogP contribution in [0.2, 0.25) is 0 Å². The summed E-state index contributed by atoms with van der Waals surface area (Å²) >= 11 is 1.29. The van der Waals surface area contributed by atoms with E-state index < -0.39 is 15.8 Å². The first-order valence-corrected chi connectivity index (χ1v) is 10.1. The van der Waals surface area contributed by atoms with Crippen LogP contribution in [0.4, 0.5) is 22.7 Å². The Kier molecular flexibility index (Phi) is 7.13. The molecule has 0 radical (unpaired) electrons. The third-order valence-electron chi connectivity index (χ3n) is 4.18. The predicted octanol–water partition coefficient (Wildman–Crippen LogP) is 4.49. The molecule has 0 bridgehead atoms. The van der Waals surface area contributed by atoms with Crippen LogP contribution in [0.3, 0.4) is 0 Å². The van der Waals surface area contributed by atoms with Crippen molar-refractivity contribution in [1.82, 2.24) is 0 Å². The number of benzene rings is 3. The molecule has 0 fully saturated rings. The number of carbonyl (C=O) groups excluding carboxylic acids is 2. The molecular weight excluding hydrogens is 436 g/mol. The maximum atomic E-state index is 12.3. The number of non-ortho nitro benzene ring substituents is 2. The highest BCUT2D eigenvalue weighted by Gasteiger charge is 2.10. The Balaban J connectivity index is 1.49. The summed E-state index contributed by atoms with van der Waals surface area (Å²) in [5.41, 5.74) is 1.13. The molecule has 0 aliphatic carbocycles. The number of amides is 2. The average molecular weight is 452 g/mol. The fourth-order valence-corrected chi connectivity index (χ4v) is 3.28. The van der Waals surface area contributed by atoms with E-state index in [-0.39, 0.29) is 28.6 Å². The largest absolute Gasteiger partial charge is 0.325 e. The monoisotopic (exact) mass is 452 g/mol.